The van der Waals surface area contributed by atoms with Crippen molar-refractivity contribution in [2.45, 2.75) is 19.4 Å². The minimum Gasteiger partial charge on any atom is -0.466 e. The molecule has 0 amide bonds. The Morgan fingerprint density at radius 3 is 2.87 bits per heavy atom. The molecule has 0 aliphatic heterocycles. The molecule has 0 spiro atoms. The number of hydrogen-bond acceptors (Lipinski definition) is 7. The number of nitrogens with zero attached hydrogens (tertiary/aromatic N) is 3. The summed E-state index contributed by atoms with van der Waals surface area (Å²) in [6, 6.07) is 1.78. The second-order valence-electron chi connectivity index (χ2n) is 4.54. The molecule has 0 saturated carbocycles. The Morgan fingerprint density at radius 2 is 2.22 bits per heavy atom. The standard InChI is InChI=1S/C11H15BrN6O4S/c12-7-4-8(21-6-7)5-15-11(13)10-9(17-22-18-10)2-1-3-16-23(14,19)20/h4,6,16H,1-3,5H2,(H2,13,15)(H2,14,19,20). The van der Waals surface area contributed by atoms with Crippen molar-refractivity contribution < 1.29 is 17.5 Å². The average Bonchev–Trinajstić information content (AvgIpc) is 3.09. The van der Waals surface area contributed by atoms with E-state index in [1.165, 1.54) is 0 Å². The van der Waals surface area contributed by atoms with Gasteiger partial charge in [0.2, 0.25) is 0 Å². The van der Waals surface area contributed by atoms with Gasteiger partial charge in [-0.1, -0.05) is 5.16 Å². The number of aromatic nitrogens is 2. The monoisotopic (exact) mass is 406 g/mol. The summed E-state index contributed by atoms with van der Waals surface area (Å²) >= 11 is 3.27. The lowest BCUT2D eigenvalue weighted by atomic mass is 10.2. The van der Waals surface area contributed by atoms with E-state index in [4.69, 9.17) is 15.3 Å². The van der Waals surface area contributed by atoms with Crippen molar-refractivity contribution in [3.05, 3.63) is 34.0 Å². The van der Waals surface area contributed by atoms with Crippen LogP contribution < -0.4 is 15.6 Å². The molecule has 126 valence electrons. The summed E-state index contributed by atoms with van der Waals surface area (Å²) < 4.78 is 34.4. The van der Waals surface area contributed by atoms with Gasteiger partial charge in [-0.25, -0.2) is 14.5 Å². The topological polar surface area (TPSA) is 163 Å². The first kappa shape index (κ1) is 17.6. The van der Waals surface area contributed by atoms with Gasteiger partial charge in [0, 0.05) is 6.54 Å². The van der Waals surface area contributed by atoms with Crippen molar-refractivity contribution in [1.82, 2.24) is 15.0 Å². The molecule has 5 N–H and O–H groups in total. The highest BCUT2D eigenvalue weighted by Crippen LogP contribution is 2.15. The largest absolute Gasteiger partial charge is 0.466 e. The number of halogens is 1. The van der Waals surface area contributed by atoms with E-state index in [2.05, 4.69) is 40.6 Å². The number of amidine groups is 1. The summed E-state index contributed by atoms with van der Waals surface area (Å²) in [6.45, 7) is 0.416. The van der Waals surface area contributed by atoms with E-state index in [-0.39, 0.29) is 18.9 Å². The van der Waals surface area contributed by atoms with Crippen LogP contribution in [0.3, 0.4) is 0 Å². The first-order valence-electron chi connectivity index (χ1n) is 6.47. The van der Waals surface area contributed by atoms with Crippen LogP contribution in [0, 0.1) is 0 Å². The first-order chi connectivity index (χ1) is 10.8. The van der Waals surface area contributed by atoms with Crippen LogP contribution >= 0.6 is 15.9 Å². The van der Waals surface area contributed by atoms with Gasteiger partial charge >= 0.3 is 0 Å². The van der Waals surface area contributed by atoms with Crippen LogP contribution in [0.4, 0.5) is 0 Å². The van der Waals surface area contributed by atoms with Gasteiger partial charge in [0.25, 0.3) is 10.2 Å². The van der Waals surface area contributed by atoms with Crippen LogP contribution in [0.1, 0.15) is 23.6 Å². The van der Waals surface area contributed by atoms with Gasteiger partial charge in [-0.05, 0) is 40.0 Å². The molecular formula is C11H15BrN6O4S. The number of nitrogens with one attached hydrogen (secondary N) is 1. The second kappa shape index (κ2) is 7.68. The number of rotatable bonds is 8. The van der Waals surface area contributed by atoms with Gasteiger partial charge in [-0.15, -0.1) is 0 Å². The molecule has 12 heteroatoms. The maximum atomic E-state index is 10.8. The molecule has 2 aromatic rings. The van der Waals surface area contributed by atoms with Gasteiger partial charge in [0.1, 0.15) is 17.7 Å². The zero-order valence-electron chi connectivity index (χ0n) is 11.9. The molecule has 10 nitrogen and oxygen atoms in total. The van der Waals surface area contributed by atoms with E-state index in [9.17, 15) is 8.42 Å². The molecule has 0 aromatic carbocycles. The smallest absolute Gasteiger partial charge is 0.274 e. The fourth-order valence-electron chi connectivity index (χ4n) is 1.71. The SMILES string of the molecule is NC(=NCc1cc(Br)co1)c1nonc1CCCNS(N)(=O)=O. The molecule has 0 saturated heterocycles. The number of aliphatic imine (C=N–C) groups is 1. The zero-order valence-corrected chi connectivity index (χ0v) is 14.3. The van der Waals surface area contributed by atoms with E-state index >= 15 is 0 Å². The van der Waals surface area contributed by atoms with E-state index in [1.54, 1.807) is 12.3 Å². The molecule has 0 fully saturated rings. The predicted octanol–water partition coefficient (Wildman–Crippen LogP) is 0.0563. The normalized spacial score (nSPS) is 12.7. The van der Waals surface area contributed by atoms with E-state index < -0.39 is 10.2 Å². The maximum Gasteiger partial charge on any atom is 0.274 e. The van der Waals surface area contributed by atoms with Crippen molar-refractivity contribution in [2.75, 3.05) is 6.54 Å². The van der Waals surface area contributed by atoms with Crippen LogP contribution in [0.25, 0.3) is 0 Å². The third kappa shape index (κ3) is 5.74. The van der Waals surface area contributed by atoms with Crippen molar-refractivity contribution >= 4 is 32.0 Å². The summed E-state index contributed by atoms with van der Waals surface area (Å²) in [6.07, 6.45) is 2.41. The molecule has 2 aromatic heterocycles. The van der Waals surface area contributed by atoms with Crippen LogP contribution in [0.15, 0.2) is 30.8 Å². The molecule has 0 aliphatic rings. The molecule has 0 aliphatic carbocycles. The first-order valence-corrected chi connectivity index (χ1v) is 8.81. The van der Waals surface area contributed by atoms with Gasteiger partial charge in [0.05, 0.1) is 11.0 Å². The Morgan fingerprint density at radius 1 is 1.43 bits per heavy atom. The molecule has 2 heterocycles. The number of furan rings is 1. The van der Waals surface area contributed by atoms with Crippen molar-refractivity contribution in [3.8, 4) is 0 Å². The molecule has 0 radical (unpaired) electrons. The Labute approximate surface area is 140 Å². The fraction of sp³-hybridized carbons (Fsp3) is 0.364. The van der Waals surface area contributed by atoms with E-state index in [1.807, 2.05) is 0 Å². The molecule has 0 bridgehead atoms. The van der Waals surface area contributed by atoms with Gasteiger partial charge in [0.15, 0.2) is 11.5 Å². The van der Waals surface area contributed by atoms with Crippen LogP contribution in [0.5, 0.6) is 0 Å². The third-order valence-corrected chi connectivity index (χ3v) is 3.74. The van der Waals surface area contributed by atoms with Crippen molar-refractivity contribution in [2.24, 2.45) is 15.9 Å². The van der Waals surface area contributed by atoms with Gasteiger partial charge in [-0.3, -0.25) is 4.99 Å². The summed E-state index contributed by atoms with van der Waals surface area (Å²) in [5.74, 6) is 0.795. The number of nitrogens with two attached hydrogens (primary N) is 2. The number of hydrogen-bond donors (Lipinski definition) is 3. The third-order valence-electron chi connectivity index (χ3n) is 2.72. The van der Waals surface area contributed by atoms with Gasteiger partial charge < -0.3 is 10.2 Å². The average molecular weight is 407 g/mol. The van der Waals surface area contributed by atoms with Crippen molar-refractivity contribution in [1.29, 1.82) is 0 Å². The van der Waals surface area contributed by atoms with Crippen molar-refractivity contribution in [3.63, 3.8) is 0 Å². The molecule has 23 heavy (non-hydrogen) atoms. The fourth-order valence-corrected chi connectivity index (χ4v) is 2.49. The molecule has 0 atom stereocenters. The summed E-state index contributed by atoms with van der Waals surface area (Å²) in [4.78, 5) is 4.16. The zero-order chi connectivity index (χ0) is 16.9. The Hall–Kier alpha value is -1.76. The summed E-state index contributed by atoms with van der Waals surface area (Å²) in [7, 11) is -3.70. The summed E-state index contributed by atoms with van der Waals surface area (Å²) in [5, 5.41) is 12.3. The lowest BCUT2D eigenvalue weighted by Crippen LogP contribution is -2.31. The number of aryl methyl sites for hydroxylation is 1. The minimum absolute atomic E-state index is 0.160. The Balaban J connectivity index is 1.93. The Kier molecular flexibility index (Phi) is 5.87. The summed E-state index contributed by atoms with van der Waals surface area (Å²) in [5.41, 5.74) is 6.69. The van der Waals surface area contributed by atoms with E-state index in [0.29, 0.717) is 30.0 Å². The highest BCUT2D eigenvalue weighted by Gasteiger charge is 2.14. The predicted molar refractivity (Wildman–Crippen MR) is 84.6 cm³/mol. The molecule has 0 unspecified atom stereocenters. The van der Waals surface area contributed by atoms with Crippen LogP contribution in [-0.4, -0.2) is 31.1 Å². The highest BCUT2D eigenvalue weighted by atomic mass is 79.9. The van der Waals surface area contributed by atoms with Crippen LogP contribution in [-0.2, 0) is 23.2 Å². The van der Waals surface area contributed by atoms with Crippen LogP contribution in [0.2, 0.25) is 0 Å². The minimum atomic E-state index is -3.70. The quantitative estimate of drug-likeness (QED) is 0.316. The molecule has 2 rings (SSSR count). The maximum absolute atomic E-state index is 10.8. The van der Waals surface area contributed by atoms with E-state index in [0.717, 1.165) is 4.47 Å². The highest BCUT2D eigenvalue weighted by molar-refractivity contribution is 9.10. The lowest BCUT2D eigenvalue weighted by molar-refractivity contribution is 0.302. The lowest BCUT2D eigenvalue weighted by Gasteiger charge is -2.01. The Bertz CT molecular complexity index is 784. The second-order valence-corrected chi connectivity index (χ2v) is 6.83. The molecular weight excluding hydrogens is 392 g/mol. The van der Waals surface area contributed by atoms with Gasteiger partial charge in [-0.2, -0.15) is 8.42 Å².